The van der Waals surface area contributed by atoms with E-state index >= 15 is 0 Å². The van der Waals surface area contributed by atoms with Gasteiger partial charge < -0.3 is 9.15 Å². The molecule has 0 saturated carbocycles. The maximum atomic E-state index is 12.2. The third-order valence-electron chi connectivity index (χ3n) is 2.77. The monoisotopic (exact) mass is 295 g/mol. The molecule has 20 heavy (non-hydrogen) atoms. The molecule has 0 unspecified atom stereocenters. The number of hydrogen-bond donors (Lipinski definition) is 1. The second-order valence-electron chi connectivity index (χ2n) is 4.26. The van der Waals surface area contributed by atoms with E-state index < -0.39 is 10.0 Å². The van der Waals surface area contributed by atoms with E-state index in [0.717, 1.165) is 5.56 Å². The summed E-state index contributed by atoms with van der Waals surface area (Å²) in [4.78, 5) is 0.213. The lowest BCUT2D eigenvalue weighted by atomic mass is 10.2. The molecular weight excluding hydrogens is 278 g/mol. The van der Waals surface area contributed by atoms with Crippen molar-refractivity contribution in [2.45, 2.75) is 25.3 Å². The van der Waals surface area contributed by atoms with Crippen LogP contribution in [0.15, 0.2) is 45.9 Å². The Bertz CT molecular complexity index is 662. The van der Waals surface area contributed by atoms with Crippen LogP contribution in [-0.4, -0.2) is 15.0 Å². The van der Waals surface area contributed by atoms with Crippen molar-refractivity contribution in [2.75, 3.05) is 6.61 Å². The van der Waals surface area contributed by atoms with Crippen molar-refractivity contribution in [1.82, 2.24) is 4.72 Å². The molecule has 0 radical (unpaired) electrons. The number of aryl methyl sites for hydroxylation is 1. The van der Waals surface area contributed by atoms with Crippen LogP contribution < -0.4 is 9.46 Å². The van der Waals surface area contributed by atoms with Gasteiger partial charge in [-0.3, -0.25) is 0 Å². The molecule has 1 heterocycles. The van der Waals surface area contributed by atoms with Crippen molar-refractivity contribution in [3.63, 3.8) is 0 Å². The Labute approximate surface area is 118 Å². The van der Waals surface area contributed by atoms with Gasteiger partial charge in [-0.15, -0.1) is 0 Å². The summed E-state index contributed by atoms with van der Waals surface area (Å²) in [5, 5.41) is 0. The van der Waals surface area contributed by atoms with E-state index in [2.05, 4.69) is 4.72 Å². The first-order chi connectivity index (χ1) is 9.53. The van der Waals surface area contributed by atoms with Gasteiger partial charge in [-0.1, -0.05) is 0 Å². The highest BCUT2D eigenvalue weighted by Gasteiger charge is 2.15. The van der Waals surface area contributed by atoms with Crippen LogP contribution in [0.3, 0.4) is 0 Å². The average molecular weight is 295 g/mol. The second-order valence-corrected chi connectivity index (χ2v) is 6.03. The third kappa shape index (κ3) is 3.40. The predicted molar refractivity (Wildman–Crippen MR) is 75.1 cm³/mol. The number of sulfonamides is 1. The fourth-order valence-corrected chi connectivity index (χ4v) is 2.85. The Kier molecular flexibility index (Phi) is 4.46. The Morgan fingerprint density at radius 2 is 2.10 bits per heavy atom. The highest BCUT2D eigenvalue weighted by Crippen LogP contribution is 2.21. The van der Waals surface area contributed by atoms with Crippen LogP contribution in [0.5, 0.6) is 5.75 Å². The SMILES string of the molecule is CCOc1ccc(S(=O)(=O)NCc2ccco2)cc1C. The minimum absolute atomic E-state index is 0.127. The van der Waals surface area contributed by atoms with Gasteiger partial charge >= 0.3 is 0 Å². The molecule has 0 saturated heterocycles. The smallest absolute Gasteiger partial charge is 0.240 e. The van der Waals surface area contributed by atoms with E-state index in [4.69, 9.17) is 9.15 Å². The van der Waals surface area contributed by atoms with Crippen molar-refractivity contribution in [1.29, 1.82) is 0 Å². The van der Waals surface area contributed by atoms with E-state index in [9.17, 15) is 8.42 Å². The summed E-state index contributed by atoms with van der Waals surface area (Å²) in [5.41, 5.74) is 0.785. The number of furan rings is 1. The van der Waals surface area contributed by atoms with E-state index in [1.165, 1.54) is 12.3 Å². The van der Waals surface area contributed by atoms with Crippen LogP contribution in [0.4, 0.5) is 0 Å². The zero-order valence-corrected chi connectivity index (χ0v) is 12.2. The van der Waals surface area contributed by atoms with Crippen LogP contribution in [0.25, 0.3) is 0 Å². The molecule has 1 aromatic carbocycles. The first-order valence-electron chi connectivity index (χ1n) is 6.28. The van der Waals surface area contributed by atoms with Crippen molar-refractivity contribution >= 4 is 10.0 Å². The van der Waals surface area contributed by atoms with Crippen LogP contribution in [0.2, 0.25) is 0 Å². The summed E-state index contributed by atoms with van der Waals surface area (Å²) in [6, 6.07) is 8.22. The van der Waals surface area contributed by atoms with E-state index in [-0.39, 0.29) is 11.4 Å². The molecule has 0 fully saturated rings. The van der Waals surface area contributed by atoms with Crippen molar-refractivity contribution in [2.24, 2.45) is 0 Å². The first-order valence-corrected chi connectivity index (χ1v) is 7.76. The molecule has 6 heteroatoms. The number of ether oxygens (including phenoxy) is 1. The lowest BCUT2D eigenvalue weighted by molar-refractivity contribution is 0.337. The molecule has 5 nitrogen and oxygen atoms in total. The summed E-state index contributed by atoms with van der Waals surface area (Å²) < 4.78 is 37.3. The molecule has 0 aliphatic heterocycles. The lowest BCUT2D eigenvalue weighted by Crippen LogP contribution is -2.23. The van der Waals surface area contributed by atoms with Crippen molar-refractivity contribution in [3.8, 4) is 5.75 Å². The van der Waals surface area contributed by atoms with Crippen LogP contribution in [0, 0.1) is 6.92 Å². The molecule has 0 aliphatic rings. The van der Waals surface area contributed by atoms with E-state index in [1.807, 2.05) is 13.8 Å². The van der Waals surface area contributed by atoms with Crippen LogP contribution in [-0.2, 0) is 16.6 Å². The normalized spacial score (nSPS) is 11.5. The predicted octanol–water partition coefficient (Wildman–Crippen LogP) is 2.47. The van der Waals surface area contributed by atoms with Gasteiger partial charge in [0.05, 0.1) is 24.3 Å². The van der Waals surface area contributed by atoms with Gasteiger partial charge in [0, 0.05) is 0 Å². The van der Waals surface area contributed by atoms with E-state index in [0.29, 0.717) is 18.1 Å². The fourth-order valence-electron chi connectivity index (χ4n) is 1.77. The average Bonchev–Trinajstić information content (AvgIpc) is 2.92. The fraction of sp³-hybridized carbons (Fsp3) is 0.286. The summed E-state index contributed by atoms with van der Waals surface area (Å²) in [6.45, 7) is 4.37. The molecule has 0 spiro atoms. The Balaban J connectivity index is 2.14. The number of hydrogen-bond acceptors (Lipinski definition) is 4. The molecule has 108 valence electrons. The van der Waals surface area contributed by atoms with Crippen molar-refractivity contribution < 1.29 is 17.6 Å². The summed E-state index contributed by atoms with van der Waals surface area (Å²) >= 11 is 0. The van der Waals surface area contributed by atoms with Crippen LogP contribution in [0.1, 0.15) is 18.2 Å². The molecule has 1 aromatic heterocycles. The summed E-state index contributed by atoms with van der Waals surface area (Å²) in [6.07, 6.45) is 1.50. The summed E-state index contributed by atoms with van der Waals surface area (Å²) in [7, 11) is -3.56. The van der Waals surface area contributed by atoms with Gasteiger partial charge in [0.1, 0.15) is 11.5 Å². The minimum atomic E-state index is -3.56. The molecule has 1 N–H and O–H groups in total. The standard InChI is InChI=1S/C14H17NO4S/c1-3-18-14-7-6-13(9-11(14)2)20(16,17)15-10-12-5-4-8-19-12/h4-9,15H,3,10H2,1-2H3. The van der Waals surface area contributed by atoms with Gasteiger partial charge in [0.2, 0.25) is 10.0 Å². The van der Waals surface area contributed by atoms with Gasteiger partial charge in [-0.2, -0.15) is 0 Å². The molecule has 0 bridgehead atoms. The minimum Gasteiger partial charge on any atom is -0.494 e. The summed E-state index contributed by atoms with van der Waals surface area (Å²) in [5.74, 6) is 1.26. The zero-order valence-electron chi connectivity index (χ0n) is 11.4. The zero-order chi connectivity index (χ0) is 14.6. The third-order valence-corrected chi connectivity index (χ3v) is 4.17. The quantitative estimate of drug-likeness (QED) is 0.889. The van der Waals surface area contributed by atoms with Gasteiger partial charge in [0.15, 0.2) is 0 Å². The Morgan fingerprint density at radius 3 is 2.70 bits per heavy atom. The van der Waals surface area contributed by atoms with Gasteiger partial charge in [-0.05, 0) is 49.7 Å². The van der Waals surface area contributed by atoms with Gasteiger partial charge in [0.25, 0.3) is 0 Å². The molecule has 0 amide bonds. The largest absolute Gasteiger partial charge is 0.494 e. The highest BCUT2D eigenvalue weighted by molar-refractivity contribution is 7.89. The maximum Gasteiger partial charge on any atom is 0.240 e. The molecule has 2 aromatic rings. The highest BCUT2D eigenvalue weighted by atomic mass is 32.2. The molecule has 0 aliphatic carbocycles. The molecule has 0 atom stereocenters. The Morgan fingerprint density at radius 1 is 1.30 bits per heavy atom. The first kappa shape index (κ1) is 14.6. The Hall–Kier alpha value is -1.79. The molecule has 2 rings (SSSR count). The van der Waals surface area contributed by atoms with Crippen LogP contribution >= 0.6 is 0 Å². The van der Waals surface area contributed by atoms with Gasteiger partial charge in [-0.25, -0.2) is 13.1 Å². The van der Waals surface area contributed by atoms with E-state index in [1.54, 1.807) is 24.3 Å². The lowest BCUT2D eigenvalue weighted by Gasteiger charge is -2.10. The second kappa shape index (κ2) is 6.11. The number of nitrogens with one attached hydrogen (secondary N) is 1. The van der Waals surface area contributed by atoms with Crippen molar-refractivity contribution in [3.05, 3.63) is 47.9 Å². The topological polar surface area (TPSA) is 68.5 Å². The maximum absolute atomic E-state index is 12.2. The number of benzene rings is 1. The number of rotatable bonds is 6. The molecular formula is C14H17NO4S.